The quantitative estimate of drug-likeness (QED) is 0.658. The fourth-order valence-electron chi connectivity index (χ4n) is 3.08. The van der Waals surface area contributed by atoms with Crippen molar-refractivity contribution in [3.63, 3.8) is 0 Å². The molecule has 1 nitrogen and oxygen atoms in total. The molecule has 1 radical (unpaired) electrons. The van der Waals surface area contributed by atoms with Gasteiger partial charge in [0.2, 0.25) is 0 Å². The van der Waals surface area contributed by atoms with Gasteiger partial charge in [0.15, 0.2) is 0 Å². The third kappa shape index (κ3) is 2.02. The average Bonchev–Trinajstić information content (AvgIpc) is 2.78. The van der Waals surface area contributed by atoms with Crippen molar-refractivity contribution in [3.8, 4) is 11.3 Å². The number of aromatic nitrogens is 1. The second-order valence-electron chi connectivity index (χ2n) is 5.69. The van der Waals surface area contributed by atoms with Crippen LogP contribution in [0.25, 0.3) is 22.2 Å². The Morgan fingerprint density at radius 2 is 1.64 bits per heavy atom. The van der Waals surface area contributed by atoms with Gasteiger partial charge in [-0.2, -0.15) is 0 Å². The molecule has 1 N–H and O–H groups in total. The smallest absolute Gasteiger partial charge is 0.150 e. The summed E-state index contributed by atoms with van der Waals surface area (Å²) in [6, 6.07) is 8.29. The van der Waals surface area contributed by atoms with Crippen LogP contribution in [0.5, 0.6) is 0 Å². The lowest BCUT2D eigenvalue weighted by molar-refractivity contribution is 0.544. The van der Waals surface area contributed by atoms with Gasteiger partial charge in [0.05, 0.1) is 11.2 Å². The van der Waals surface area contributed by atoms with Crippen LogP contribution < -0.4 is 0 Å². The first kappa shape index (κ1) is 13.4. The van der Waals surface area contributed by atoms with Gasteiger partial charge in [-0.3, -0.25) is 0 Å². The minimum absolute atomic E-state index is 0.245. The van der Waals surface area contributed by atoms with Crippen molar-refractivity contribution in [3.05, 3.63) is 65.8 Å². The van der Waals surface area contributed by atoms with Crippen molar-refractivity contribution in [2.24, 2.45) is 0 Å². The lowest BCUT2D eigenvalue weighted by Gasteiger charge is -2.26. The van der Waals surface area contributed by atoms with E-state index in [1.165, 1.54) is 18.2 Å². The molecule has 0 unspecified atom stereocenters. The maximum absolute atomic E-state index is 14.1. The molecular weight excluding hydrogens is 287 g/mol. The Kier molecular flexibility index (Phi) is 2.99. The fourth-order valence-corrected chi connectivity index (χ4v) is 3.08. The Bertz CT molecular complexity index is 845. The molecular formula is C18H13F3N. The minimum Gasteiger partial charge on any atom is -0.352 e. The van der Waals surface area contributed by atoms with Gasteiger partial charge >= 0.3 is 0 Å². The molecule has 1 aliphatic carbocycles. The van der Waals surface area contributed by atoms with Gasteiger partial charge in [0.1, 0.15) is 17.5 Å². The standard InChI is InChI=1S/C18H13F3N/c19-12-6-4-11(5-7-12)17-16(10-2-1-3-10)14-8-13(20)9-15(21)18(14)22-17/h1,4-10,22H,2-3H2. The highest BCUT2D eigenvalue weighted by atomic mass is 19.1. The van der Waals surface area contributed by atoms with E-state index in [0.29, 0.717) is 10.9 Å². The molecule has 0 aliphatic heterocycles. The van der Waals surface area contributed by atoms with Gasteiger partial charge in [-0.15, -0.1) is 0 Å². The van der Waals surface area contributed by atoms with Crippen LogP contribution in [0.2, 0.25) is 0 Å². The topological polar surface area (TPSA) is 15.8 Å². The summed E-state index contributed by atoms with van der Waals surface area (Å²) in [6.45, 7) is 0. The monoisotopic (exact) mass is 300 g/mol. The highest BCUT2D eigenvalue weighted by Crippen LogP contribution is 2.44. The van der Waals surface area contributed by atoms with Gasteiger partial charge < -0.3 is 4.98 Å². The maximum Gasteiger partial charge on any atom is 0.150 e. The molecule has 1 aliphatic rings. The number of fused-ring (bicyclic) bond motifs is 1. The zero-order valence-corrected chi connectivity index (χ0v) is 11.7. The summed E-state index contributed by atoms with van der Waals surface area (Å²) < 4.78 is 40.8. The molecule has 4 heteroatoms. The van der Waals surface area contributed by atoms with Gasteiger partial charge in [0, 0.05) is 11.5 Å². The Hall–Kier alpha value is -2.23. The van der Waals surface area contributed by atoms with E-state index in [2.05, 4.69) is 11.4 Å². The highest BCUT2D eigenvalue weighted by molar-refractivity contribution is 5.92. The molecule has 0 amide bonds. The van der Waals surface area contributed by atoms with E-state index in [-0.39, 0.29) is 11.7 Å². The molecule has 0 atom stereocenters. The second kappa shape index (κ2) is 4.90. The first-order valence-corrected chi connectivity index (χ1v) is 7.21. The molecule has 1 fully saturated rings. The largest absolute Gasteiger partial charge is 0.352 e. The molecule has 0 bridgehead atoms. The van der Waals surface area contributed by atoms with E-state index in [9.17, 15) is 13.2 Å². The molecule has 1 aromatic heterocycles. The number of benzene rings is 2. The Balaban J connectivity index is 2.00. The van der Waals surface area contributed by atoms with Gasteiger partial charge in [-0.25, -0.2) is 13.2 Å². The van der Waals surface area contributed by atoms with Crippen LogP contribution in [0.1, 0.15) is 24.3 Å². The third-order valence-corrected chi connectivity index (χ3v) is 4.31. The van der Waals surface area contributed by atoms with Crippen molar-refractivity contribution >= 4 is 10.9 Å². The number of rotatable bonds is 2. The van der Waals surface area contributed by atoms with Crippen molar-refractivity contribution in [1.82, 2.24) is 4.98 Å². The van der Waals surface area contributed by atoms with Gasteiger partial charge in [-0.05, 0) is 66.6 Å². The molecule has 1 saturated carbocycles. The van der Waals surface area contributed by atoms with Crippen LogP contribution in [0.3, 0.4) is 0 Å². The van der Waals surface area contributed by atoms with Gasteiger partial charge in [-0.1, -0.05) is 0 Å². The normalized spacial score (nSPS) is 15.2. The van der Waals surface area contributed by atoms with Crippen molar-refractivity contribution in [1.29, 1.82) is 0 Å². The number of hydrogen-bond donors (Lipinski definition) is 1. The Morgan fingerprint density at radius 1 is 0.909 bits per heavy atom. The van der Waals surface area contributed by atoms with Crippen LogP contribution in [-0.2, 0) is 0 Å². The number of nitrogens with one attached hydrogen (secondary N) is 1. The first-order chi connectivity index (χ1) is 10.6. The third-order valence-electron chi connectivity index (χ3n) is 4.31. The van der Waals surface area contributed by atoms with Crippen molar-refractivity contribution in [2.75, 3.05) is 0 Å². The summed E-state index contributed by atoms with van der Waals surface area (Å²) in [7, 11) is 0. The summed E-state index contributed by atoms with van der Waals surface area (Å²) >= 11 is 0. The maximum atomic E-state index is 14.1. The van der Waals surface area contributed by atoms with Crippen LogP contribution in [0.15, 0.2) is 36.4 Å². The van der Waals surface area contributed by atoms with Crippen molar-refractivity contribution in [2.45, 2.75) is 18.8 Å². The molecule has 22 heavy (non-hydrogen) atoms. The Morgan fingerprint density at radius 3 is 2.27 bits per heavy atom. The minimum atomic E-state index is -0.604. The van der Waals surface area contributed by atoms with Gasteiger partial charge in [0.25, 0.3) is 0 Å². The van der Waals surface area contributed by atoms with Crippen molar-refractivity contribution < 1.29 is 13.2 Å². The SMILES string of the molecule is Fc1ccc(-c2[nH]c3c(F)cc(F)cc3c2C2C[CH]C2)cc1. The predicted octanol–water partition coefficient (Wildman–Crippen LogP) is 5.33. The number of halogens is 3. The van der Waals surface area contributed by atoms with Crippen LogP contribution >= 0.6 is 0 Å². The van der Waals surface area contributed by atoms with Crippen LogP contribution in [0, 0.1) is 23.9 Å². The summed E-state index contributed by atoms with van der Waals surface area (Å²) in [5.41, 5.74) is 2.75. The molecule has 1 heterocycles. The average molecular weight is 300 g/mol. The molecule has 0 saturated heterocycles. The molecule has 111 valence electrons. The molecule has 2 aromatic carbocycles. The van der Waals surface area contributed by atoms with E-state index in [0.717, 1.165) is 35.7 Å². The van der Waals surface area contributed by atoms with E-state index in [4.69, 9.17) is 0 Å². The molecule has 4 rings (SSSR count). The lowest BCUT2D eigenvalue weighted by atomic mass is 9.78. The zero-order chi connectivity index (χ0) is 15.3. The lowest BCUT2D eigenvalue weighted by Crippen LogP contribution is -2.10. The second-order valence-corrected chi connectivity index (χ2v) is 5.69. The summed E-state index contributed by atoms with van der Waals surface area (Å²) in [6.07, 6.45) is 3.92. The van der Waals surface area contributed by atoms with E-state index in [1.54, 1.807) is 12.1 Å². The summed E-state index contributed by atoms with van der Waals surface area (Å²) in [5, 5.41) is 0.579. The van der Waals surface area contributed by atoms with E-state index in [1.807, 2.05) is 0 Å². The Labute approximate surface area is 125 Å². The summed E-state index contributed by atoms with van der Waals surface area (Å²) in [4.78, 5) is 3.07. The van der Waals surface area contributed by atoms with E-state index >= 15 is 0 Å². The summed E-state index contributed by atoms with van der Waals surface area (Å²) in [5.74, 6) is -1.27. The highest BCUT2D eigenvalue weighted by Gasteiger charge is 2.28. The van der Waals surface area contributed by atoms with E-state index < -0.39 is 11.6 Å². The molecule has 0 spiro atoms. The molecule has 3 aromatic rings. The fraction of sp³-hybridized carbons (Fsp3) is 0.167. The van der Waals surface area contributed by atoms with Crippen LogP contribution in [0.4, 0.5) is 13.2 Å². The first-order valence-electron chi connectivity index (χ1n) is 7.21. The predicted molar refractivity (Wildman–Crippen MR) is 79.9 cm³/mol. The number of H-pyrrole nitrogens is 1. The number of aromatic amines is 1. The van der Waals surface area contributed by atoms with Crippen LogP contribution in [-0.4, -0.2) is 4.98 Å². The zero-order valence-electron chi connectivity index (χ0n) is 11.7. The number of hydrogen-bond acceptors (Lipinski definition) is 0.